The summed E-state index contributed by atoms with van der Waals surface area (Å²) in [5.41, 5.74) is -0.365. The van der Waals surface area contributed by atoms with Crippen molar-refractivity contribution in [3.8, 4) is 6.07 Å². The standard InChI is InChI=1S/C14H18N2O3S/c1-11-9-16(10-14(2,3)19-11)20(17,18)13-7-5-4-6-12(13)8-15/h4-7,11H,9-10H2,1-3H3. The minimum atomic E-state index is -3.68. The molecule has 0 aromatic heterocycles. The molecule has 20 heavy (non-hydrogen) atoms. The van der Waals surface area contributed by atoms with Crippen LogP contribution in [0.4, 0.5) is 0 Å². The lowest BCUT2D eigenvalue weighted by Gasteiger charge is -2.40. The number of morpholine rings is 1. The minimum Gasteiger partial charge on any atom is -0.370 e. The highest BCUT2D eigenvalue weighted by Crippen LogP contribution is 2.27. The number of hydrogen-bond acceptors (Lipinski definition) is 4. The van der Waals surface area contributed by atoms with Gasteiger partial charge in [0.15, 0.2) is 0 Å². The van der Waals surface area contributed by atoms with Gasteiger partial charge in [-0.05, 0) is 32.9 Å². The molecule has 0 bridgehead atoms. The van der Waals surface area contributed by atoms with Crippen molar-refractivity contribution in [3.05, 3.63) is 29.8 Å². The van der Waals surface area contributed by atoms with Crippen LogP contribution in [0.5, 0.6) is 0 Å². The molecule has 108 valence electrons. The Morgan fingerprint density at radius 3 is 2.65 bits per heavy atom. The summed E-state index contributed by atoms with van der Waals surface area (Å²) in [4.78, 5) is 0.0624. The van der Waals surface area contributed by atoms with Crippen molar-refractivity contribution in [1.29, 1.82) is 5.26 Å². The maximum atomic E-state index is 12.7. The summed E-state index contributed by atoms with van der Waals surface area (Å²) >= 11 is 0. The molecule has 5 nitrogen and oxygen atoms in total. The Labute approximate surface area is 119 Å². The molecule has 0 amide bonds. The SMILES string of the molecule is CC1CN(S(=O)(=O)c2ccccc2C#N)CC(C)(C)O1. The molecule has 1 unspecified atom stereocenters. The summed E-state index contributed by atoms with van der Waals surface area (Å²) in [5, 5.41) is 9.08. The molecule has 0 spiro atoms. The zero-order valence-corrected chi connectivity index (χ0v) is 12.6. The second kappa shape index (κ2) is 5.17. The van der Waals surface area contributed by atoms with Crippen LogP contribution in [0, 0.1) is 11.3 Å². The zero-order chi connectivity index (χ0) is 15.0. The first-order valence-electron chi connectivity index (χ1n) is 6.43. The zero-order valence-electron chi connectivity index (χ0n) is 11.8. The van der Waals surface area contributed by atoms with Gasteiger partial charge >= 0.3 is 0 Å². The number of hydrogen-bond donors (Lipinski definition) is 0. The molecule has 0 saturated carbocycles. The monoisotopic (exact) mass is 294 g/mol. The predicted molar refractivity (Wildman–Crippen MR) is 74.5 cm³/mol. The van der Waals surface area contributed by atoms with Gasteiger partial charge in [-0.15, -0.1) is 0 Å². The molecule has 1 atom stereocenters. The second-order valence-corrected chi connectivity index (χ2v) is 7.50. The average molecular weight is 294 g/mol. The molecule has 1 aromatic rings. The summed E-state index contributed by atoms with van der Waals surface area (Å²) in [6.45, 7) is 6.15. The van der Waals surface area contributed by atoms with Gasteiger partial charge in [0, 0.05) is 13.1 Å². The van der Waals surface area contributed by atoms with E-state index in [0.29, 0.717) is 6.54 Å². The summed E-state index contributed by atoms with van der Waals surface area (Å²) < 4.78 is 32.6. The van der Waals surface area contributed by atoms with Crippen molar-refractivity contribution in [2.45, 2.75) is 37.4 Å². The van der Waals surface area contributed by atoms with E-state index in [4.69, 9.17) is 10.00 Å². The van der Waals surface area contributed by atoms with E-state index in [1.807, 2.05) is 26.8 Å². The van der Waals surface area contributed by atoms with Crippen molar-refractivity contribution >= 4 is 10.0 Å². The molecular formula is C14H18N2O3S. The molecule has 1 aliphatic rings. The van der Waals surface area contributed by atoms with Gasteiger partial charge in [-0.2, -0.15) is 9.57 Å². The quantitative estimate of drug-likeness (QED) is 0.833. The molecule has 1 fully saturated rings. The molecule has 2 rings (SSSR count). The highest BCUT2D eigenvalue weighted by atomic mass is 32.2. The van der Waals surface area contributed by atoms with Gasteiger partial charge < -0.3 is 4.74 Å². The molecular weight excluding hydrogens is 276 g/mol. The molecule has 0 aliphatic carbocycles. The first-order valence-corrected chi connectivity index (χ1v) is 7.87. The molecule has 1 heterocycles. The summed E-state index contributed by atoms with van der Waals surface area (Å²) in [6, 6.07) is 8.21. The van der Waals surface area contributed by atoms with Gasteiger partial charge in [-0.3, -0.25) is 0 Å². The lowest BCUT2D eigenvalue weighted by molar-refractivity contribution is -0.109. The maximum absolute atomic E-state index is 12.7. The van der Waals surface area contributed by atoms with E-state index in [0.717, 1.165) is 0 Å². The normalized spacial score (nSPS) is 23.2. The summed E-state index contributed by atoms with van der Waals surface area (Å²) in [5.74, 6) is 0. The van der Waals surface area contributed by atoms with E-state index in [1.165, 1.54) is 16.4 Å². The lowest BCUT2D eigenvalue weighted by Crippen LogP contribution is -2.53. The largest absolute Gasteiger partial charge is 0.370 e. The van der Waals surface area contributed by atoms with Crippen LogP contribution in [-0.4, -0.2) is 37.5 Å². The molecule has 0 N–H and O–H groups in total. The average Bonchev–Trinajstić information content (AvgIpc) is 2.36. The van der Waals surface area contributed by atoms with Crippen LogP contribution in [0.1, 0.15) is 26.3 Å². The highest BCUT2D eigenvalue weighted by Gasteiger charge is 2.38. The number of nitriles is 1. The minimum absolute atomic E-state index is 0.0624. The van der Waals surface area contributed by atoms with E-state index < -0.39 is 15.6 Å². The van der Waals surface area contributed by atoms with Gasteiger partial charge in [0.2, 0.25) is 10.0 Å². The Morgan fingerprint density at radius 1 is 1.40 bits per heavy atom. The first kappa shape index (κ1) is 15.0. The van der Waals surface area contributed by atoms with Crippen LogP contribution in [0.15, 0.2) is 29.2 Å². The van der Waals surface area contributed by atoms with Crippen molar-refractivity contribution in [3.63, 3.8) is 0 Å². The molecule has 1 saturated heterocycles. The van der Waals surface area contributed by atoms with Crippen molar-refractivity contribution in [2.24, 2.45) is 0 Å². The Kier molecular flexibility index (Phi) is 3.87. The number of sulfonamides is 1. The smallest absolute Gasteiger partial charge is 0.244 e. The van der Waals surface area contributed by atoms with Gasteiger partial charge in [0.25, 0.3) is 0 Å². The first-order chi connectivity index (χ1) is 9.26. The number of benzene rings is 1. The van der Waals surface area contributed by atoms with E-state index in [-0.39, 0.29) is 23.1 Å². The van der Waals surface area contributed by atoms with E-state index in [2.05, 4.69) is 0 Å². The van der Waals surface area contributed by atoms with Crippen molar-refractivity contribution in [1.82, 2.24) is 4.31 Å². The van der Waals surface area contributed by atoms with Crippen LogP contribution in [0.25, 0.3) is 0 Å². The second-order valence-electron chi connectivity index (χ2n) is 5.59. The molecule has 6 heteroatoms. The molecule has 0 radical (unpaired) electrons. The number of nitrogens with zero attached hydrogens (tertiary/aromatic N) is 2. The molecule has 1 aliphatic heterocycles. The third-order valence-corrected chi connectivity index (χ3v) is 5.03. The van der Waals surface area contributed by atoms with Crippen molar-refractivity contribution in [2.75, 3.05) is 13.1 Å². The van der Waals surface area contributed by atoms with Gasteiger partial charge in [-0.1, -0.05) is 12.1 Å². The molecule has 1 aromatic carbocycles. The van der Waals surface area contributed by atoms with E-state index in [1.54, 1.807) is 12.1 Å². The lowest BCUT2D eigenvalue weighted by atomic mass is 10.1. The maximum Gasteiger partial charge on any atom is 0.244 e. The van der Waals surface area contributed by atoms with Crippen LogP contribution < -0.4 is 0 Å². The Balaban J connectivity index is 2.43. The fourth-order valence-corrected chi connectivity index (χ4v) is 4.31. The Morgan fingerprint density at radius 2 is 2.05 bits per heavy atom. The van der Waals surface area contributed by atoms with Gasteiger partial charge in [0.1, 0.15) is 6.07 Å². The summed E-state index contributed by atoms with van der Waals surface area (Å²) in [6.07, 6.45) is -0.178. The fraction of sp³-hybridized carbons (Fsp3) is 0.500. The van der Waals surface area contributed by atoms with Crippen LogP contribution in [-0.2, 0) is 14.8 Å². The van der Waals surface area contributed by atoms with Crippen LogP contribution in [0.3, 0.4) is 0 Å². The third-order valence-electron chi connectivity index (χ3n) is 3.16. The van der Waals surface area contributed by atoms with Crippen LogP contribution >= 0.6 is 0 Å². The van der Waals surface area contributed by atoms with Crippen molar-refractivity contribution < 1.29 is 13.2 Å². The van der Waals surface area contributed by atoms with Gasteiger partial charge in [0.05, 0.1) is 22.2 Å². The topological polar surface area (TPSA) is 70.4 Å². The Hall–Kier alpha value is -1.42. The predicted octanol–water partition coefficient (Wildman–Crippen LogP) is 1.75. The number of ether oxygens (including phenoxy) is 1. The summed E-state index contributed by atoms with van der Waals surface area (Å²) in [7, 11) is -3.68. The fourth-order valence-electron chi connectivity index (χ4n) is 2.50. The third kappa shape index (κ3) is 2.85. The van der Waals surface area contributed by atoms with Crippen LogP contribution in [0.2, 0.25) is 0 Å². The Bertz CT molecular complexity index is 647. The number of rotatable bonds is 2. The van der Waals surface area contributed by atoms with Gasteiger partial charge in [-0.25, -0.2) is 8.42 Å². The van der Waals surface area contributed by atoms with E-state index >= 15 is 0 Å². The van der Waals surface area contributed by atoms with E-state index in [9.17, 15) is 8.42 Å². The highest BCUT2D eigenvalue weighted by molar-refractivity contribution is 7.89.